The number of hydrogen-bond donors (Lipinski definition) is 2. The molecule has 3 aromatic rings. The van der Waals surface area contributed by atoms with Gasteiger partial charge < -0.3 is 9.84 Å². The van der Waals surface area contributed by atoms with Crippen LogP contribution in [0.4, 0.5) is 5.95 Å². The molecule has 0 aliphatic carbocycles. The van der Waals surface area contributed by atoms with Gasteiger partial charge in [-0.05, 0) is 23.8 Å². The highest BCUT2D eigenvalue weighted by atomic mass is 16.5. The molecular weight excluding hydrogens is 306 g/mol. The molecule has 1 heterocycles. The van der Waals surface area contributed by atoms with Crippen molar-refractivity contribution in [3.05, 3.63) is 60.3 Å². The first-order valence-electron chi connectivity index (χ1n) is 7.17. The number of aromatic hydroxyl groups is 1. The van der Waals surface area contributed by atoms with Crippen LogP contribution in [0, 0.1) is 0 Å². The average Bonchev–Trinajstić information content (AvgIpc) is 2.64. The number of ether oxygens (including phenoxy) is 1. The summed E-state index contributed by atoms with van der Waals surface area (Å²) in [6, 6.07) is 14.6. The molecule has 0 radical (unpaired) electrons. The van der Waals surface area contributed by atoms with Gasteiger partial charge in [0.05, 0.1) is 25.2 Å². The van der Waals surface area contributed by atoms with Crippen molar-refractivity contribution in [3.63, 3.8) is 0 Å². The van der Waals surface area contributed by atoms with Crippen molar-refractivity contribution in [2.75, 3.05) is 12.5 Å². The minimum atomic E-state index is 0.0747. The number of anilines is 1. The van der Waals surface area contributed by atoms with Crippen molar-refractivity contribution in [3.8, 4) is 22.8 Å². The van der Waals surface area contributed by atoms with Gasteiger partial charge in [0.2, 0.25) is 0 Å². The average molecular weight is 321 g/mol. The van der Waals surface area contributed by atoms with E-state index in [-0.39, 0.29) is 5.75 Å². The van der Waals surface area contributed by atoms with E-state index >= 15 is 0 Å². The lowest BCUT2D eigenvalue weighted by Crippen LogP contribution is -2.00. The maximum Gasteiger partial charge on any atom is 0.263 e. The molecule has 7 nitrogen and oxygen atoms in total. The molecule has 0 saturated heterocycles. The molecule has 7 heteroatoms. The van der Waals surface area contributed by atoms with Crippen LogP contribution < -0.4 is 10.2 Å². The molecule has 0 bridgehead atoms. The second kappa shape index (κ2) is 7.19. The SMILES string of the molecule is COc1cc(/C=N/Nc2nncc(-c3ccccc3)n2)ccc1O. The molecule has 0 aliphatic heterocycles. The monoisotopic (exact) mass is 321 g/mol. The van der Waals surface area contributed by atoms with Crippen LogP contribution in [0.15, 0.2) is 59.8 Å². The summed E-state index contributed by atoms with van der Waals surface area (Å²) in [7, 11) is 1.49. The van der Waals surface area contributed by atoms with Crippen LogP contribution in [0.5, 0.6) is 11.5 Å². The minimum Gasteiger partial charge on any atom is -0.504 e. The van der Waals surface area contributed by atoms with Gasteiger partial charge in [-0.15, -0.1) is 5.10 Å². The Kier molecular flexibility index (Phi) is 4.62. The third-order valence-electron chi connectivity index (χ3n) is 3.21. The third-order valence-corrected chi connectivity index (χ3v) is 3.21. The Labute approximate surface area is 138 Å². The summed E-state index contributed by atoms with van der Waals surface area (Å²) in [6.45, 7) is 0. The maximum atomic E-state index is 9.56. The molecule has 120 valence electrons. The Morgan fingerprint density at radius 2 is 2.00 bits per heavy atom. The summed E-state index contributed by atoms with van der Waals surface area (Å²) in [6.07, 6.45) is 3.16. The zero-order chi connectivity index (χ0) is 16.8. The molecule has 2 aromatic carbocycles. The van der Waals surface area contributed by atoms with Gasteiger partial charge >= 0.3 is 0 Å². The van der Waals surface area contributed by atoms with E-state index in [0.29, 0.717) is 17.4 Å². The Balaban J connectivity index is 1.73. The van der Waals surface area contributed by atoms with Gasteiger partial charge in [-0.25, -0.2) is 10.4 Å². The Hall–Kier alpha value is -3.48. The van der Waals surface area contributed by atoms with Gasteiger partial charge in [-0.1, -0.05) is 30.3 Å². The fourth-order valence-corrected chi connectivity index (χ4v) is 2.04. The molecule has 1 aromatic heterocycles. The molecule has 0 atom stereocenters. The van der Waals surface area contributed by atoms with E-state index in [2.05, 4.69) is 25.7 Å². The predicted octanol–water partition coefficient (Wildman–Crippen LogP) is 2.70. The fraction of sp³-hybridized carbons (Fsp3) is 0.0588. The third kappa shape index (κ3) is 3.64. The number of benzene rings is 2. The summed E-state index contributed by atoms with van der Waals surface area (Å²) in [4.78, 5) is 4.36. The van der Waals surface area contributed by atoms with Crippen molar-refractivity contribution in [1.29, 1.82) is 0 Å². The molecule has 3 rings (SSSR count). The zero-order valence-electron chi connectivity index (χ0n) is 12.9. The van der Waals surface area contributed by atoms with Crippen molar-refractivity contribution in [1.82, 2.24) is 15.2 Å². The fourth-order valence-electron chi connectivity index (χ4n) is 2.04. The van der Waals surface area contributed by atoms with Gasteiger partial charge in [0, 0.05) is 5.56 Å². The highest BCUT2D eigenvalue weighted by Crippen LogP contribution is 2.25. The maximum absolute atomic E-state index is 9.56. The van der Waals surface area contributed by atoms with E-state index in [1.165, 1.54) is 13.2 Å². The number of phenolic OH excluding ortho intramolecular Hbond substituents is 1. The molecule has 0 unspecified atom stereocenters. The van der Waals surface area contributed by atoms with E-state index in [1.54, 1.807) is 24.5 Å². The Morgan fingerprint density at radius 3 is 2.79 bits per heavy atom. The van der Waals surface area contributed by atoms with Crippen LogP contribution in [-0.4, -0.2) is 33.6 Å². The van der Waals surface area contributed by atoms with Crippen molar-refractivity contribution in [2.24, 2.45) is 5.10 Å². The van der Waals surface area contributed by atoms with E-state index in [4.69, 9.17) is 4.74 Å². The molecule has 0 saturated carbocycles. The van der Waals surface area contributed by atoms with Gasteiger partial charge in [0.25, 0.3) is 5.95 Å². The molecule has 0 amide bonds. The van der Waals surface area contributed by atoms with Crippen molar-refractivity contribution in [2.45, 2.75) is 0 Å². The smallest absolute Gasteiger partial charge is 0.263 e. The highest BCUT2D eigenvalue weighted by molar-refractivity contribution is 5.81. The van der Waals surface area contributed by atoms with Crippen LogP contribution in [0.3, 0.4) is 0 Å². The number of nitrogens with one attached hydrogen (secondary N) is 1. The molecular formula is C17H15N5O2. The largest absolute Gasteiger partial charge is 0.504 e. The van der Waals surface area contributed by atoms with Gasteiger partial charge in [0.15, 0.2) is 11.5 Å². The first kappa shape index (κ1) is 15.4. The van der Waals surface area contributed by atoms with E-state index in [0.717, 1.165) is 11.1 Å². The number of aromatic nitrogens is 3. The quantitative estimate of drug-likeness (QED) is 0.554. The Bertz CT molecular complexity index is 853. The van der Waals surface area contributed by atoms with Crippen LogP contribution in [0.2, 0.25) is 0 Å². The topological polar surface area (TPSA) is 92.5 Å². The minimum absolute atomic E-state index is 0.0747. The summed E-state index contributed by atoms with van der Waals surface area (Å²) in [5.41, 5.74) is 5.14. The van der Waals surface area contributed by atoms with Crippen LogP contribution >= 0.6 is 0 Å². The lowest BCUT2D eigenvalue weighted by Gasteiger charge is -2.04. The molecule has 0 spiro atoms. The standard InChI is InChI=1S/C17H15N5O2/c1-24-16-9-12(7-8-15(16)23)10-18-21-17-20-14(11-19-22-17)13-5-3-2-4-6-13/h2-11,23H,1H3,(H,20,21,22)/b18-10+. The number of methoxy groups -OCH3 is 1. The first-order chi connectivity index (χ1) is 11.8. The number of phenols is 1. The lowest BCUT2D eigenvalue weighted by atomic mass is 10.2. The first-order valence-corrected chi connectivity index (χ1v) is 7.17. The summed E-state index contributed by atoms with van der Waals surface area (Å²) < 4.78 is 5.05. The summed E-state index contributed by atoms with van der Waals surface area (Å²) in [5, 5.41) is 21.5. The number of rotatable bonds is 5. The molecule has 24 heavy (non-hydrogen) atoms. The van der Waals surface area contributed by atoms with Gasteiger partial charge in [-0.2, -0.15) is 10.2 Å². The van der Waals surface area contributed by atoms with Crippen molar-refractivity contribution >= 4 is 12.2 Å². The van der Waals surface area contributed by atoms with Crippen LogP contribution in [0.1, 0.15) is 5.56 Å². The summed E-state index contributed by atoms with van der Waals surface area (Å²) >= 11 is 0. The van der Waals surface area contributed by atoms with E-state index in [1.807, 2.05) is 30.3 Å². The predicted molar refractivity (Wildman–Crippen MR) is 91.1 cm³/mol. The molecule has 2 N–H and O–H groups in total. The van der Waals surface area contributed by atoms with Gasteiger partial charge in [0.1, 0.15) is 0 Å². The summed E-state index contributed by atoms with van der Waals surface area (Å²) in [5.74, 6) is 0.743. The highest BCUT2D eigenvalue weighted by Gasteiger charge is 2.03. The lowest BCUT2D eigenvalue weighted by molar-refractivity contribution is 0.373. The number of nitrogens with zero attached hydrogens (tertiary/aromatic N) is 4. The second-order valence-corrected chi connectivity index (χ2v) is 4.83. The normalized spacial score (nSPS) is 10.7. The zero-order valence-corrected chi connectivity index (χ0v) is 12.9. The number of hydrogen-bond acceptors (Lipinski definition) is 7. The molecule has 0 fully saturated rings. The Morgan fingerprint density at radius 1 is 1.17 bits per heavy atom. The van der Waals surface area contributed by atoms with Gasteiger partial charge in [-0.3, -0.25) is 0 Å². The van der Waals surface area contributed by atoms with Crippen molar-refractivity contribution < 1.29 is 9.84 Å². The van der Waals surface area contributed by atoms with E-state index < -0.39 is 0 Å². The second-order valence-electron chi connectivity index (χ2n) is 4.83. The van der Waals surface area contributed by atoms with E-state index in [9.17, 15) is 5.11 Å². The molecule has 0 aliphatic rings. The van der Waals surface area contributed by atoms with Crippen LogP contribution in [0.25, 0.3) is 11.3 Å². The van der Waals surface area contributed by atoms with Crippen LogP contribution in [-0.2, 0) is 0 Å². The number of hydrazone groups is 1.